The van der Waals surface area contributed by atoms with Crippen molar-refractivity contribution >= 4 is 37.1 Å². The second-order valence-electron chi connectivity index (χ2n) is 6.90. The van der Waals surface area contributed by atoms with Gasteiger partial charge in [0.2, 0.25) is 7.98 Å². The summed E-state index contributed by atoms with van der Waals surface area (Å²) in [6, 6.07) is 3.42. The summed E-state index contributed by atoms with van der Waals surface area (Å²) in [4.78, 5) is 35.9. The maximum atomic E-state index is 14.5. The maximum absolute atomic E-state index is 14.5. The van der Waals surface area contributed by atoms with Crippen LogP contribution in [0.25, 0.3) is 0 Å². The Labute approximate surface area is 190 Å². The number of benzene rings is 1. The summed E-state index contributed by atoms with van der Waals surface area (Å²) in [7, 11) is 1.74. The topological polar surface area (TPSA) is 81.1 Å². The zero-order chi connectivity index (χ0) is 23.4. The van der Waals surface area contributed by atoms with Crippen molar-refractivity contribution in [3.05, 3.63) is 63.0 Å². The Morgan fingerprint density at radius 2 is 2.19 bits per heavy atom. The highest BCUT2D eigenvalue weighted by atomic mass is 32.1. The zero-order valence-electron chi connectivity index (χ0n) is 18.1. The van der Waals surface area contributed by atoms with Gasteiger partial charge in [-0.15, -0.1) is 17.8 Å². The van der Waals surface area contributed by atoms with E-state index in [9.17, 15) is 14.0 Å². The van der Waals surface area contributed by atoms with Gasteiger partial charge in [0.25, 0.3) is 0 Å². The van der Waals surface area contributed by atoms with Crippen LogP contribution in [0.3, 0.4) is 0 Å². The molecule has 0 fully saturated rings. The lowest BCUT2D eigenvalue weighted by molar-refractivity contribution is -0.164. The SMILES string of the molecule is BN1C(c2nccs2)=N[C@@H](c2cccc(F)c2C#C)C(C(=O)O[C@H](C)C(=O)OCC)=C1C. The summed E-state index contributed by atoms with van der Waals surface area (Å²) in [6.45, 7) is 4.96. The van der Waals surface area contributed by atoms with E-state index in [1.54, 1.807) is 44.3 Å². The van der Waals surface area contributed by atoms with Gasteiger partial charge in [-0.3, -0.25) is 4.99 Å². The third-order valence-electron chi connectivity index (χ3n) is 4.97. The Hall–Kier alpha value is -3.45. The molecule has 10 heteroatoms. The minimum Gasteiger partial charge on any atom is -0.463 e. The van der Waals surface area contributed by atoms with Crippen LogP contribution in [0.2, 0.25) is 0 Å². The molecule has 0 spiro atoms. The van der Waals surface area contributed by atoms with Gasteiger partial charge in [0.15, 0.2) is 16.9 Å². The Kier molecular flexibility index (Phi) is 7.10. The van der Waals surface area contributed by atoms with Gasteiger partial charge in [-0.25, -0.2) is 19.0 Å². The third kappa shape index (κ3) is 4.43. The number of allylic oxidation sites excluding steroid dienone is 1. The molecule has 1 aliphatic rings. The fraction of sp³-hybridized carbons (Fsp3) is 0.273. The second-order valence-corrected chi connectivity index (χ2v) is 7.79. The molecule has 7 nitrogen and oxygen atoms in total. The van der Waals surface area contributed by atoms with E-state index in [0.29, 0.717) is 22.1 Å². The predicted molar refractivity (Wildman–Crippen MR) is 121 cm³/mol. The first-order valence-corrected chi connectivity index (χ1v) is 10.7. The van der Waals surface area contributed by atoms with Crippen LogP contribution in [-0.4, -0.2) is 48.3 Å². The molecular weight excluding hydrogens is 432 g/mol. The Morgan fingerprint density at radius 1 is 1.44 bits per heavy atom. The van der Waals surface area contributed by atoms with Crippen LogP contribution in [0.4, 0.5) is 4.39 Å². The number of amidine groups is 1. The second kappa shape index (κ2) is 9.79. The van der Waals surface area contributed by atoms with Gasteiger partial charge in [-0.2, -0.15) is 0 Å². The largest absolute Gasteiger partial charge is 0.463 e. The zero-order valence-corrected chi connectivity index (χ0v) is 18.9. The molecule has 0 saturated heterocycles. The van der Waals surface area contributed by atoms with E-state index in [0.717, 1.165) is 0 Å². The molecule has 1 aromatic heterocycles. The number of aliphatic imine (C=N–C) groups is 1. The number of terminal acetylenes is 1. The molecule has 32 heavy (non-hydrogen) atoms. The lowest BCUT2D eigenvalue weighted by Crippen LogP contribution is -2.37. The van der Waals surface area contributed by atoms with E-state index in [-0.39, 0.29) is 17.7 Å². The summed E-state index contributed by atoms with van der Waals surface area (Å²) in [5.41, 5.74) is 1.00. The molecule has 0 saturated carbocycles. The first-order chi connectivity index (χ1) is 15.3. The third-order valence-corrected chi connectivity index (χ3v) is 5.74. The molecule has 1 aromatic carbocycles. The minimum absolute atomic E-state index is 0.000771. The van der Waals surface area contributed by atoms with E-state index in [1.165, 1.54) is 30.4 Å². The fourth-order valence-corrected chi connectivity index (χ4v) is 3.95. The summed E-state index contributed by atoms with van der Waals surface area (Å²) in [5.74, 6) is 0.825. The summed E-state index contributed by atoms with van der Waals surface area (Å²) in [6.07, 6.45) is 6.09. The molecule has 1 aliphatic heterocycles. The Balaban J connectivity index is 2.12. The standard InChI is InChI=1S/C22H21BFN3O4S/c1-5-14-15(8-7-9-16(14)24)18-17(22(29)31-13(4)21(28)30-6-2)12(3)27(23)19(26-18)20-25-10-11-32-20/h1,7-11,13,18H,6,23H2,2-4H3/t13-,18+/m1/s1. The van der Waals surface area contributed by atoms with Crippen molar-refractivity contribution < 1.29 is 23.5 Å². The van der Waals surface area contributed by atoms with Gasteiger partial charge in [0, 0.05) is 17.3 Å². The van der Waals surface area contributed by atoms with E-state index in [1.807, 2.05) is 0 Å². The molecule has 0 N–H and O–H groups in total. The molecule has 0 amide bonds. The van der Waals surface area contributed by atoms with Crippen LogP contribution < -0.4 is 0 Å². The number of rotatable bonds is 6. The number of carbonyl (C=O) groups excluding carboxylic acids is 2. The lowest BCUT2D eigenvalue weighted by atomic mass is 9.91. The molecule has 0 bridgehead atoms. The summed E-state index contributed by atoms with van der Waals surface area (Å²) >= 11 is 1.38. The van der Waals surface area contributed by atoms with Gasteiger partial charge < -0.3 is 14.3 Å². The van der Waals surface area contributed by atoms with Crippen molar-refractivity contribution in [2.45, 2.75) is 32.9 Å². The van der Waals surface area contributed by atoms with E-state index in [2.05, 4.69) is 10.9 Å². The first-order valence-electron chi connectivity index (χ1n) is 9.84. The number of halogens is 1. The smallest absolute Gasteiger partial charge is 0.347 e. The van der Waals surface area contributed by atoms with Crippen LogP contribution in [-0.2, 0) is 19.1 Å². The lowest BCUT2D eigenvalue weighted by Gasteiger charge is -2.33. The van der Waals surface area contributed by atoms with Crippen LogP contribution in [0.15, 0.2) is 46.0 Å². The molecule has 2 aromatic rings. The number of nitrogens with zero attached hydrogens (tertiary/aromatic N) is 3. The predicted octanol–water partition coefficient (Wildman–Crippen LogP) is 2.38. The molecule has 0 aliphatic carbocycles. The molecule has 164 valence electrons. The van der Waals surface area contributed by atoms with Gasteiger partial charge in [0.05, 0.1) is 17.7 Å². The molecule has 2 heterocycles. The molecule has 0 unspecified atom stereocenters. The van der Waals surface area contributed by atoms with E-state index in [4.69, 9.17) is 20.9 Å². The maximum Gasteiger partial charge on any atom is 0.347 e. The number of thiazole rings is 1. The Bertz CT molecular complexity index is 1140. The Morgan fingerprint density at radius 3 is 2.81 bits per heavy atom. The van der Waals surface area contributed by atoms with Gasteiger partial charge in [0.1, 0.15) is 11.9 Å². The quantitative estimate of drug-likeness (QED) is 0.380. The molecule has 0 radical (unpaired) electrons. The molecule has 2 atom stereocenters. The van der Waals surface area contributed by atoms with Crippen LogP contribution in [0.1, 0.15) is 42.9 Å². The van der Waals surface area contributed by atoms with Crippen LogP contribution in [0, 0.1) is 18.2 Å². The normalized spacial score (nSPS) is 16.8. The van der Waals surface area contributed by atoms with E-state index < -0.39 is 29.9 Å². The highest BCUT2D eigenvalue weighted by molar-refractivity contribution is 7.11. The monoisotopic (exact) mass is 453 g/mol. The van der Waals surface area contributed by atoms with Crippen molar-refractivity contribution in [3.63, 3.8) is 0 Å². The number of hydrogen-bond acceptors (Lipinski definition) is 8. The summed E-state index contributed by atoms with van der Waals surface area (Å²) in [5, 5.41) is 2.43. The average Bonchev–Trinajstić information content (AvgIpc) is 3.29. The highest BCUT2D eigenvalue weighted by Crippen LogP contribution is 2.37. The van der Waals surface area contributed by atoms with Crippen LogP contribution in [0.5, 0.6) is 0 Å². The van der Waals surface area contributed by atoms with Gasteiger partial charge >= 0.3 is 11.9 Å². The van der Waals surface area contributed by atoms with Crippen molar-refractivity contribution in [2.75, 3.05) is 6.61 Å². The number of hydrogen-bond donors (Lipinski definition) is 0. The van der Waals surface area contributed by atoms with Crippen molar-refractivity contribution in [2.24, 2.45) is 4.99 Å². The highest BCUT2D eigenvalue weighted by Gasteiger charge is 2.36. The molecular formula is C22H21BFN3O4S. The van der Waals surface area contributed by atoms with E-state index >= 15 is 0 Å². The van der Waals surface area contributed by atoms with Crippen molar-refractivity contribution in [3.8, 4) is 12.3 Å². The number of aromatic nitrogens is 1. The van der Waals surface area contributed by atoms with Crippen LogP contribution >= 0.6 is 11.3 Å². The average molecular weight is 453 g/mol. The molecule has 3 rings (SSSR count). The number of ether oxygens (including phenoxy) is 2. The summed E-state index contributed by atoms with van der Waals surface area (Å²) < 4.78 is 24.8. The number of esters is 2. The van der Waals surface area contributed by atoms with Crippen molar-refractivity contribution in [1.29, 1.82) is 0 Å². The van der Waals surface area contributed by atoms with Gasteiger partial charge in [-0.1, -0.05) is 18.1 Å². The van der Waals surface area contributed by atoms with Crippen molar-refractivity contribution in [1.82, 2.24) is 9.79 Å². The first kappa shape index (κ1) is 23.2. The minimum atomic E-state index is -1.13. The number of carbonyl (C=O) groups is 2. The van der Waals surface area contributed by atoms with Gasteiger partial charge in [-0.05, 0) is 32.4 Å². The fourth-order valence-electron chi connectivity index (χ4n) is 3.28.